The highest BCUT2D eigenvalue weighted by Crippen LogP contribution is 2.37. The fourth-order valence-electron chi connectivity index (χ4n) is 3.29. The number of rotatable bonds is 2. The van der Waals surface area contributed by atoms with Crippen LogP contribution in [0.15, 0.2) is 16.7 Å². The molecule has 102 valence electrons. The molecule has 3 rings (SSSR count). The van der Waals surface area contributed by atoms with E-state index in [9.17, 15) is 4.79 Å². The monoisotopic (exact) mass is 323 g/mol. The molecule has 4 nitrogen and oxygen atoms in total. The van der Waals surface area contributed by atoms with Crippen molar-refractivity contribution >= 4 is 27.7 Å². The third kappa shape index (κ3) is 2.54. The zero-order valence-electron chi connectivity index (χ0n) is 10.9. The number of aromatic nitrogens is 1. The van der Waals surface area contributed by atoms with Gasteiger partial charge in [-0.1, -0.05) is 6.42 Å². The van der Waals surface area contributed by atoms with Gasteiger partial charge in [-0.25, -0.2) is 4.98 Å². The molecule has 1 aliphatic heterocycles. The lowest BCUT2D eigenvalue weighted by Gasteiger charge is -2.17. The van der Waals surface area contributed by atoms with E-state index in [0.29, 0.717) is 17.7 Å². The highest BCUT2D eigenvalue weighted by molar-refractivity contribution is 9.10. The maximum absolute atomic E-state index is 12.3. The number of carbonyl (C=O) groups is 1. The first-order valence-electron chi connectivity index (χ1n) is 6.81. The van der Waals surface area contributed by atoms with Gasteiger partial charge in [0.2, 0.25) is 5.91 Å². The minimum atomic E-state index is -0.0433. The molecule has 1 aromatic rings. The Morgan fingerprint density at radius 1 is 1.53 bits per heavy atom. The van der Waals surface area contributed by atoms with Gasteiger partial charge in [0.15, 0.2) is 0 Å². The third-order valence-corrected chi connectivity index (χ3v) is 5.16. The lowest BCUT2D eigenvalue weighted by molar-refractivity contribution is -0.118. The lowest BCUT2D eigenvalue weighted by Crippen LogP contribution is -2.39. The maximum Gasteiger partial charge on any atom is 0.242 e. The average Bonchev–Trinajstić information content (AvgIpc) is 2.95. The Kier molecular flexibility index (Phi) is 3.58. The topological polar surface area (TPSA) is 54.0 Å². The van der Waals surface area contributed by atoms with E-state index in [4.69, 9.17) is 0 Å². The SMILES string of the molecule is Cc1cc(NC(=O)C2NCC3CCCC32)ncc1Br. The van der Waals surface area contributed by atoms with Crippen molar-refractivity contribution in [1.82, 2.24) is 10.3 Å². The second-order valence-electron chi connectivity index (χ2n) is 5.55. The number of nitrogens with one attached hydrogen (secondary N) is 2. The van der Waals surface area contributed by atoms with E-state index >= 15 is 0 Å². The Morgan fingerprint density at radius 3 is 3.16 bits per heavy atom. The maximum atomic E-state index is 12.3. The number of halogens is 1. The van der Waals surface area contributed by atoms with E-state index in [1.54, 1.807) is 6.20 Å². The molecular weight excluding hydrogens is 306 g/mol. The van der Waals surface area contributed by atoms with Crippen LogP contribution in [0.25, 0.3) is 0 Å². The van der Waals surface area contributed by atoms with Crippen molar-refractivity contribution in [2.24, 2.45) is 11.8 Å². The van der Waals surface area contributed by atoms with E-state index in [2.05, 4.69) is 31.5 Å². The van der Waals surface area contributed by atoms with Gasteiger partial charge in [0.25, 0.3) is 0 Å². The number of anilines is 1. The average molecular weight is 324 g/mol. The molecule has 1 saturated carbocycles. The summed E-state index contributed by atoms with van der Waals surface area (Å²) in [6, 6.07) is 1.85. The van der Waals surface area contributed by atoms with Crippen LogP contribution in [0.1, 0.15) is 24.8 Å². The van der Waals surface area contributed by atoms with E-state index < -0.39 is 0 Å². The van der Waals surface area contributed by atoms with Crippen molar-refractivity contribution in [3.05, 3.63) is 22.3 Å². The molecule has 0 spiro atoms. The summed E-state index contributed by atoms with van der Waals surface area (Å²) >= 11 is 3.41. The second-order valence-corrected chi connectivity index (χ2v) is 6.40. The fourth-order valence-corrected chi connectivity index (χ4v) is 3.50. The molecule has 2 heterocycles. The minimum absolute atomic E-state index is 0.0433. The standard InChI is InChI=1S/C14H18BrN3O/c1-8-5-12(16-7-11(8)15)18-14(19)13-10-4-2-3-9(10)6-17-13/h5,7,9-10,13,17H,2-4,6H2,1H3,(H,16,18,19). The zero-order valence-corrected chi connectivity index (χ0v) is 12.5. The number of fused-ring (bicyclic) bond motifs is 1. The molecule has 0 bridgehead atoms. The number of carbonyl (C=O) groups excluding carboxylic acids is 1. The summed E-state index contributed by atoms with van der Waals surface area (Å²) in [5.41, 5.74) is 1.07. The highest BCUT2D eigenvalue weighted by atomic mass is 79.9. The quantitative estimate of drug-likeness (QED) is 0.879. The van der Waals surface area contributed by atoms with Crippen molar-refractivity contribution in [2.75, 3.05) is 11.9 Å². The van der Waals surface area contributed by atoms with E-state index in [-0.39, 0.29) is 11.9 Å². The summed E-state index contributed by atoms with van der Waals surface area (Å²) in [6.07, 6.45) is 5.42. The molecule has 0 radical (unpaired) electrons. The predicted molar refractivity (Wildman–Crippen MR) is 77.9 cm³/mol. The highest BCUT2D eigenvalue weighted by Gasteiger charge is 2.42. The number of hydrogen-bond donors (Lipinski definition) is 2. The van der Waals surface area contributed by atoms with Gasteiger partial charge in [0, 0.05) is 10.7 Å². The summed E-state index contributed by atoms with van der Waals surface area (Å²) < 4.78 is 0.959. The first-order chi connectivity index (χ1) is 9.15. The van der Waals surface area contributed by atoms with Crippen LogP contribution < -0.4 is 10.6 Å². The zero-order chi connectivity index (χ0) is 13.4. The van der Waals surface area contributed by atoms with Gasteiger partial charge in [-0.15, -0.1) is 0 Å². The van der Waals surface area contributed by atoms with E-state index in [1.165, 1.54) is 19.3 Å². The first-order valence-corrected chi connectivity index (χ1v) is 7.61. The van der Waals surface area contributed by atoms with Gasteiger partial charge in [-0.3, -0.25) is 4.79 Å². The fraction of sp³-hybridized carbons (Fsp3) is 0.571. The first kappa shape index (κ1) is 13.1. The minimum Gasteiger partial charge on any atom is -0.309 e. The van der Waals surface area contributed by atoms with E-state index in [0.717, 1.165) is 16.6 Å². The molecule has 0 aromatic carbocycles. The molecular formula is C14H18BrN3O. The van der Waals surface area contributed by atoms with Gasteiger partial charge in [-0.05, 0) is 65.7 Å². The third-order valence-electron chi connectivity index (χ3n) is 4.33. The van der Waals surface area contributed by atoms with Crippen LogP contribution in [-0.4, -0.2) is 23.5 Å². The Labute approximate surface area is 121 Å². The Balaban J connectivity index is 1.69. The predicted octanol–water partition coefficient (Wildman–Crippen LogP) is 2.48. The van der Waals surface area contributed by atoms with Crippen molar-refractivity contribution in [1.29, 1.82) is 0 Å². The van der Waals surface area contributed by atoms with Gasteiger partial charge >= 0.3 is 0 Å². The molecule has 1 amide bonds. The summed E-state index contributed by atoms with van der Waals surface area (Å²) in [5.74, 6) is 1.89. The van der Waals surface area contributed by atoms with Gasteiger partial charge < -0.3 is 10.6 Å². The molecule has 3 atom stereocenters. The number of aryl methyl sites for hydroxylation is 1. The number of nitrogens with zero attached hydrogens (tertiary/aromatic N) is 1. The van der Waals surface area contributed by atoms with Crippen molar-refractivity contribution < 1.29 is 4.79 Å². The number of pyridine rings is 1. The molecule has 5 heteroatoms. The van der Waals surface area contributed by atoms with Crippen LogP contribution in [0, 0.1) is 18.8 Å². The normalized spacial score (nSPS) is 29.3. The van der Waals surface area contributed by atoms with Crippen LogP contribution in [0.5, 0.6) is 0 Å². The lowest BCUT2D eigenvalue weighted by atomic mass is 9.93. The molecule has 19 heavy (non-hydrogen) atoms. The number of amides is 1. The van der Waals surface area contributed by atoms with Crippen LogP contribution in [-0.2, 0) is 4.79 Å². The molecule has 2 aliphatic rings. The molecule has 3 unspecified atom stereocenters. The number of hydrogen-bond acceptors (Lipinski definition) is 3. The molecule has 1 saturated heterocycles. The van der Waals surface area contributed by atoms with E-state index in [1.807, 2.05) is 13.0 Å². The van der Waals surface area contributed by atoms with Crippen LogP contribution in [0.4, 0.5) is 5.82 Å². The van der Waals surface area contributed by atoms with Crippen LogP contribution >= 0.6 is 15.9 Å². The van der Waals surface area contributed by atoms with Gasteiger partial charge in [0.1, 0.15) is 5.82 Å². The molecule has 1 aliphatic carbocycles. The van der Waals surface area contributed by atoms with Gasteiger partial charge in [0.05, 0.1) is 6.04 Å². The smallest absolute Gasteiger partial charge is 0.242 e. The van der Waals surface area contributed by atoms with Crippen molar-refractivity contribution in [3.63, 3.8) is 0 Å². The molecule has 2 N–H and O–H groups in total. The summed E-state index contributed by atoms with van der Waals surface area (Å²) in [5, 5.41) is 6.29. The Morgan fingerprint density at radius 2 is 2.37 bits per heavy atom. The Bertz CT molecular complexity index is 505. The second kappa shape index (κ2) is 5.21. The summed E-state index contributed by atoms with van der Waals surface area (Å²) in [4.78, 5) is 16.6. The summed E-state index contributed by atoms with van der Waals surface area (Å²) in [6.45, 7) is 2.97. The molecule has 2 fully saturated rings. The largest absolute Gasteiger partial charge is 0.309 e. The van der Waals surface area contributed by atoms with Crippen LogP contribution in [0.2, 0.25) is 0 Å². The summed E-state index contributed by atoms with van der Waals surface area (Å²) in [7, 11) is 0. The van der Waals surface area contributed by atoms with Gasteiger partial charge in [-0.2, -0.15) is 0 Å². The molecule has 1 aromatic heterocycles. The van der Waals surface area contributed by atoms with Crippen molar-refractivity contribution in [3.8, 4) is 0 Å². The van der Waals surface area contributed by atoms with Crippen LogP contribution in [0.3, 0.4) is 0 Å². The van der Waals surface area contributed by atoms with Crippen molar-refractivity contribution in [2.45, 2.75) is 32.2 Å². The Hall–Kier alpha value is -0.940.